The van der Waals surface area contributed by atoms with E-state index < -0.39 is 36.4 Å². The van der Waals surface area contributed by atoms with E-state index in [0.717, 1.165) is 38.5 Å². The van der Waals surface area contributed by atoms with E-state index in [1.165, 1.54) is 0 Å². The van der Waals surface area contributed by atoms with Gasteiger partial charge in [0.15, 0.2) is 5.60 Å². The molecule has 0 unspecified atom stereocenters. The van der Waals surface area contributed by atoms with Crippen LogP contribution in [0.25, 0.3) is 0 Å². The summed E-state index contributed by atoms with van der Waals surface area (Å²) < 4.78 is 15.2. The van der Waals surface area contributed by atoms with Gasteiger partial charge in [0.2, 0.25) is 0 Å². The summed E-state index contributed by atoms with van der Waals surface area (Å²) in [5.41, 5.74) is -2.27. The molecule has 0 aliphatic rings. The Morgan fingerprint density at radius 3 is 1.36 bits per heavy atom. The van der Waals surface area contributed by atoms with Crippen LogP contribution in [0.1, 0.15) is 91.4 Å². The molecule has 0 atom stereocenters. The molecule has 0 aromatic heterocycles. The lowest BCUT2D eigenvalue weighted by atomic mass is 9.95. The van der Waals surface area contributed by atoms with Crippen LogP contribution in [0, 0.1) is 0 Å². The number of rotatable bonds is 17. The number of carbonyl (C=O) groups excluding carboxylic acids is 3. The van der Waals surface area contributed by atoms with Crippen molar-refractivity contribution in [2.45, 2.75) is 97.0 Å². The third kappa shape index (κ3) is 12.7. The maximum atomic E-state index is 12.4. The number of hydrogen-bond acceptors (Lipinski definition) is 7. The highest BCUT2D eigenvalue weighted by Crippen LogP contribution is 2.20. The molecule has 0 radical (unpaired) electrons. The van der Waals surface area contributed by atoms with Gasteiger partial charge in [-0.3, -0.25) is 9.59 Å². The highest BCUT2D eigenvalue weighted by atomic mass is 16.6. The van der Waals surface area contributed by atoms with Gasteiger partial charge in [-0.15, -0.1) is 0 Å². The molecule has 0 aromatic carbocycles. The van der Waals surface area contributed by atoms with Gasteiger partial charge in [-0.2, -0.15) is 0 Å². The number of unbranched alkanes of at least 4 members (excludes halogenated alkanes) is 6. The second-order valence-electron chi connectivity index (χ2n) is 7.08. The summed E-state index contributed by atoms with van der Waals surface area (Å²) >= 11 is 0. The smallest absolute Gasteiger partial charge is 0.339 e. The Kier molecular flexibility index (Phi) is 15.4. The molecule has 0 spiro atoms. The largest absolute Gasteiger partial charge is 0.466 e. The summed E-state index contributed by atoms with van der Waals surface area (Å²) in [7, 11) is 0. The fourth-order valence-corrected chi connectivity index (χ4v) is 2.51. The molecular formula is C21H38O7. The molecule has 0 amide bonds. The Labute approximate surface area is 169 Å². The fraction of sp³-hybridized carbons (Fsp3) is 0.857. The van der Waals surface area contributed by atoms with Crippen molar-refractivity contribution in [3.05, 3.63) is 0 Å². The van der Waals surface area contributed by atoms with Crippen LogP contribution in [0.3, 0.4) is 0 Å². The minimum atomic E-state index is -2.27. The van der Waals surface area contributed by atoms with Crippen molar-refractivity contribution >= 4 is 17.9 Å². The van der Waals surface area contributed by atoms with Crippen LogP contribution in [-0.4, -0.2) is 48.4 Å². The van der Waals surface area contributed by atoms with Crippen molar-refractivity contribution in [3.8, 4) is 0 Å². The summed E-state index contributed by atoms with van der Waals surface area (Å²) in [4.78, 5) is 36.4. The zero-order chi connectivity index (χ0) is 21.3. The quantitative estimate of drug-likeness (QED) is 0.225. The van der Waals surface area contributed by atoms with Crippen molar-refractivity contribution in [1.82, 2.24) is 0 Å². The lowest BCUT2D eigenvalue weighted by molar-refractivity contribution is -0.178. The van der Waals surface area contributed by atoms with Crippen LogP contribution in [0.15, 0.2) is 0 Å². The van der Waals surface area contributed by atoms with Gasteiger partial charge in [-0.1, -0.05) is 59.3 Å². The van der Waals surface area contributed by atoms with Crippen molar-refractivity contribution < 1.29 is 33.7 Å². The summed E-state index contributed by atoms with van der Waals surface area (Å²) in [5, 5.41) is 10.7. The SMILES string of the molecule is CCCCCOC(=O)CC(O)(CC(=O)OCCCCC)C(=O)OCCCCC. The average Bonchev–Trinajstić information content (AvgIpc) is 2.65. The van der Waals surface area contributed by atoms with E-state index >= 15 is 0 Å². The van der Waals surface area contributed by atoms with E-state index in [1.807, 2.05) is 20.8 Å². The summed E-state index contributed by atoms with van der Waals surface area (Å²) in [6.07, 6.45) is 6.45. The molecule has 0 aromatic rings. The molecular weight excluding hydrogens is 364 g/mol. The van der Waals surface area contributed by atoms with Crippen LogP contribution >= 0.6 is 0 Å². The van der Waals surface area contributed by atoms with Crippen molar-refractivity contribution in [2.24, 2.45) is 0 Å². The summed E-state index contributed by atoms with van der Waals surface area (Å²) in [6, 6.07) is 0. The first-order chi connectivity index (χ1) is 13.4. The maximum Gasteiger partial charge on any atom is 0.339 e. The fourth-order valence-electron chi connectivity index (χ4n) is 2.51. The van der Waals surface area contributed by atoms with Gasteiger partial charge in [-0.05, 0) is 19.3 Å². The van der Waals surface area contributed by atoms with E-state index in [1.54, 1.807) is 0 Å². The monoisotopic (exact) mass is 402 g/mol. The molecule has 0 bridgehead atoms. The first kappa shape index (κ1) is 26.4. The highest BCUT2D eigenvalue weighted by Gasteiger charge is 2.43. The number of carbonyl (C=O) groups is 3. The van der Waals surface area contributed by atoms with Gasteiger partial charge in [0, 0.05) is 0 Å². The molecule has 0 heterocycles. The average molecular weight is 403 g/mol. The number of aliphatic hydroxyl groups is 1. The zero-order valence-electron chi connectivity index (χ0n) is 17.8. The van der Waals surface area contributed by atoms with Gasteiger partial charge >= 0.3 is 17.9 Å². The number of esters is 3. The third-order valence-corrected chi connectivity index (χ3v) is 4.26. The lowest BCUT2D eigenvalue weighted by Crippen LogP contribution is -2.45. The van der Waals surface area contributed by atoms with Crippen molar-refractivity contribution in [3.63, 3.8) is 0 Å². The Balaban J connectivity index is 4.76. The molecule has 0 rings (SSSR count). The molecule has 0 aliphatic carbocycles. The van der Waals surface area contributed by atoms with Gasteiger partial charge in [-0.25, -0.2) is 4.79 Å². The summed E-state index contributed by atoms with van der Waals surface area (Å²) in [5.74, 6) is -2.45. The molecule has 164 valence electrons. The first-order valence-electron chi connectivity index (χ1n) is 10.6. The molecule has 0 saturated carbocycles. The van der Waals surface area contributed by atoms with E-state index in [2.05, 4.69) is 0 Å². The first-order valence-corrected chi connectivity index (χ1v) is 10.6. The lowest BCUT2D eigenvalue weighted by Gasteiger charge is -2.24. The van der Waals surface area contributed by atoms with Crippen molar-refractivity contribution in [1.29, 1.82) is 0 Å². The molecule has 28 heavy (non-hydrogen) atoms. The molecule has 0 fully saturated rings. The number of hydrogen-bond donors (Lipinski definition) is 1. The Morgan fingerprint density at radius 1 is 0.643 bits per heavy atom. The predicted molar refractivity (Wildman–Crippen MR) is 106 cm³/mol. The van der Waals surface area contributed by atoms with Crippen LogP contribution in [0.2, 0.25) is 0 Å². The molecule has 7 nitrogen and oxygen atoms in total. The van der Waals surface area contributed by atoms with E-state index in [0.29, 0.717) is 19.3 Å². The Morgan fingerprint density at radius 2 is 1.00 bits per heavy atom. The van der Waals surface area contributed by atoms with Gasteiger partial charge < -0.3 is 19.3 Å². The predicted octanol–water partition coefficient (Wildman–Crippen LogP) is 3.70. The minimum absolute atomic E-state index is 0.131. The standard InChI is InChI=1S/C21H38O7/c1-4-7-10-13-26-18(22)16-21(25,20(24)28-15-12-9-6-3)17-19(23)27-14-11-8-5-2/h25H,4-17H2,1-3H3. The van der Waals surface area contributed by atoms with Gasteiger partial charge in [0.05, 0.1) is 32.7 Å². The van der Waals surface area contributed by atoms with E-state index in [4.69, 9.17) is 14.2 Å². The van der Waals surface area contributed by atoms with Gasteiger partial charge in [0.1, 0.15) is 0 Å². The van der Waals surface area contributed by atoms with Crippen LogP contribution in [-0.2, 0) is 28.6 Å². The second-order valence-corrected chi connectivity index (χ2v) is 7.08. The van der Waals surface area contributed by atoms with E-state index in [-0.39, 0.29) is 19.8 Å². The Hall–Kier alpha value is -1.63. The van der Waals surface area contributed by atoms with E-state index in [9.17, 15) is 19.5 Å². The molecule has 0 saturated heterocycles. The third-order valence-electron chi connectivity index (χ3n) is 4.26. The number of ether oxygens (including phenoxy) is 3. The van der Waals surface area contributed by atoms with Crippen molar-refractivity contribution in [2.75, 3.05) is 19.8 Å². The second kappa shape index (κ2) is 16.3. The molecule has 1 N–H and O–H groups in total. The normalized spacial score (nSPS) is 11.1. The van der Waals surface area contributed by atoms with Gasteiger partial charge in [0.25, 0.3) is 0 Å². The Bertz CT molecular complexity index is 422. The highest BCUT2D eigenvalue weighted by molar-refractivity contribution is 5.90. The van der Waals surface area contributed by atoms with Crippen LogP contribution in [0.4, 0.5) is 0 Å². The minimum Gasteiger partial charge on any atom is -0.466 e. The summed E-state index contributed by atoms with van der Waals surface area (Å²) in [6.45, 7) is 6.64. The molecule has 0 aliphatic heterocycles. The van der Waals surface area contributed by atoms with Crippen LogP contribution < -0.4 is 0 Å². The zero-order valence-corrected chi connectivity index (χ0v) is 17.8. The van der Waals surface area contributed by atoms with Crippen LogP contribution in [0.5, 0.6) is 0 Å². The topological polar surface area (TPSA) is 99.1 Å². The molecule has 7 heteroatoms. The maximum absolute atomic E-state index is 12.4.